The van der Waals surface area contributed by atoms with Crippen molar-refractivity contribution in [2.75, 3.05) is 12.8 Å². The van der Waals surface area contributed by atoms with Gasteiger partial charge in [0, 0.05) is 18.8 Å². The lowest BCUT2D eigenvalue weighted by Gasteiger charge is -2.37. The van der Waals surface area contributed by atoms with Crippen molar-refractivity contribution in [2.45, 2.75) is 37.1 Å². The van der Waals surface area contributed by atoms with Gasteiger partial charge in [0.2, 0.25) is 5.91 Å². The molecule has 7 heteroatoms. The highest BCUT2D eigenvalue weighted by atomic mass is 32.2. The Bertz CT molecular complexity index is 713. The normalized spacial score (nSPS) is 21.9. The summed E-state index contributed by atoms with van der Waals surface area (Å²) in [6.07, 6.45) is 2.27. The average Bonchev–Trinajstić information content (AvgIpc) is 2.46. The molecule has 1 aromatic rings. The van der Waals surface area contributed by atoms with E-state index in [0.29, 0.717) is 24.9 Å². The number of carbonyl (C=O) groups excluding carboxylic acids is 1. The number of carbonyl (C=O) groups is 2. The predicted molar refractivity (Wildman–Crippen MR) is 84.8 cm³/mol. The second-order valence-electron chi connectivity index (χ2n) is 5.97. The van der Waals surface area contributed by atoms with Crippen LogP contribution in [0.3, 0.4) is 0 Å². The van der Waals surface area contributed by atoms with Crippen LogP contribution in [0.2, 0.25) is 0 Å². The molecule has 0 aliphatic carbocycles. The van der Waals surface area contributed by atoms with E-state index in [0.717, 1.165) is 6.26 Å². The van der Waals surface area contributed by atoms with Gasteiger partial charge in [-0.25, -0.2) is 8.42 Å². The zero-order valence-electron chi connectivity index (χ0n) is 13.2. The molecular formula is C16H21NO5S. The Morgan fingerprint density at radius 2 is 1.96 bits per heavy atom. The fourth-order valence-corrected chi connectivity index (χ4v) is 4.04. The number of sulfone groups is 1. The van der Waals surface area contributed by atoms with E-state index in [1.807, 2.05) is 0 Å². The van der Waals surface area contributed by atoms with Crippen LogP contribution in [0.5, 0.6) is 0 Å². The molecule has 1 N–H and O–H groups in total. The minimum Gasteiger partial charge on any atom is -0.481 e. The molecule has 1 heterocycles. The number of nitrogens with zero attached hydrogens (tertiary/aromatic N) is 1. The van der Waals surface area contributed by atoms with Crippen LogP contribution in [-0.2, 0) is 25.8 Å². The smallest absolute Gasteiger partial charge is 0.308 e. The van der Waals surface area contributed by atoms with Crippen LogP contribution in [0.15, 0.2) is 29.2 Å². The third-order valence-corrected chi connectivity index (χ3v) is 5.54. The highest BCUT2D eigenvalue weighted by Gasteiger charge is 2.35. The van der Waals surface area contributed by atoms with Gasteiger partial charge in [0.05, 0.1) is 17.2 Å². The van der Waals surface area contributed by atoms with Gasteiger partial charge in [-0.05, 0) is 31.4 Å². The van der Waals surface area contributed by atoms with Crippen molar-refractivity contribution in [1.82, 2.24) is 4.90 Å². The summed E-state index contributed by atoms with van der Waals surface area (Å²) >= 11 is 0. The largest absolute Gasteiger partial charge is 0.481 e. The van der Waals surface area contributed by atoms with Crippen LogP contribution in [0, 0.1) is 5.92 Å². The number of amides is 1. The molecule has 1 aliphatic rings. The summed E-state index contributed by atoms with van der Waals surface area (Å²) < 4.78 is 23.6. The highest BCUT2D eigenvalue weighted by molar-refractivity contribution is 7.90. The van der Waals surface area contributed by atoms with Crippen molar-refractivity contribution in [1.29, 1.82) is 0 Å². The lowest BCUT2D eigenvalue weighted by molar-refractivity contribution is -0.148. The number of likely N-dealkylation sites (tertiary alicyclic amines) is 1. The van der Waals surface area contributed by atoms with Gasteiger partial charge in [0.15, 0.2) is 9.84 Å². The third kappa shape index (κ3) is 3.90. The number of carboxylic acid groups (broad SMARTS) is 1. The molecule has 0 unspecified atom stereocenters. The Kier molecular flexibility index (Phi) is 5.09. The maximum Gasteiger partial charge on any atom is 0.308 e. The van der Waals surface area contributed by atoms with E-state index in [9.17, 15) is 23.1 Å². The Balaban J connectivity index is 2.21. The molecule has 126 valence electrons. The van der Waals surface area contributed by atoms with E-state index in [1.165, 1.54) is 6.07 Å². The summed E-state index contributed by atoms with van der Waals surface area (Å²) in [7, 11) is -3.41. The minimum absolute atomic E-state index is 0.0417. The molecule has 1 fully saturated rings. The molecule has 0 saturated carbocycles. The summed E-state index contributed by atoms with van der Waals surface area (Å²) in [5, 5.41) is 9.23. The van der Waals surface area contributed by atoms with Crippen LogP contribution in [-0.4, -0.2) is 49.1 Å². The van der Waals surface area contributed by atoms with Crippen LogP contribution >= 0.6 is 0 Å². The first-order valence-corrected chi connectivity index (χ1v) is 9.41. The number of hydrogen-bond acceptors (Lipinski definition) is 4. The van der Waals surface area contributed by atoms with Gasteiger partial charge in [-0.2, -0.15) is 0 Å². The van der Waals surface area contributed by atoms with Gasteiger partial charge in [0.1, 0.15) is 0 Å². The molecular weight excluding hydrogens is 318 g/mol. The van der Waals surface area contributed by atoms with Gasteiger partial charge in [-0.1, -0.05) is 18.2 Å². The molecule has 2 atom stereocenters. The number of carboxylic acids is 1. The number of aliphatic carboxylic acids is 1. The molecule has 6 nitrogen and oxygen atoms in total. The fraction of sp³-hybridized carbons (Fsp3) is 0.500. The second kappa shape index (κ2) is 6.70. The van der Waals surface area contributed by atoms with Crippen LogP contribution < -0.4 is 0 Å². The van der Waals surface area contributed by atoms with E-state index in [1.54, 1.807) is 30.0 Å². The minimum atomic E-state index is -3.41. The predicted octanol–water partition coefficient (Wildman–Crippen LogP) is 1.34. The third-order valence-electron chi connectivity index (χ3n) is 4.34. The molecule has 1 amide bonds. The first kappa shape index (κ1) is 17.5. The Morgan fingerprint density at radius 3 is 2.57 bits per heavy atom. The van der Waals surface area contributed by atoms with E-state index >= 15 is 0 Å². The Hall–Kier alpha value is -1.89. The molecule has 0 spiro atoms. The zero-order valence-corrected chi connectivity index (χ0v) is 14.0. The topological polar surface area (TPSA) is 91.8 Å². The molecule has 1 aromatic carbocycles. The highest BCUT2D eigenvalue weighted by Crippen LogP contribution is 2.25. The van der Waals surface area contributed by atoms with Crippen molar-refractivity contribution in [2.24, 2.45) is 5.92 Å². The quantitative estimate of drug-likeness (QED) is 0.894. The molecule has 1 saturated heterocycles. The van der Waals surface area contributed by atoms with Crippen molar-refractivity contribution >= 4 is 21.7 Å². The SMILES string of the molecule is C[C@@H]1[C@H](C(=O)O)CCCN1C(=O)Cc1ccccc1S(C)(=O)=O. The van der Waals surface area contributed by atoms with Gasteiger partial charge < -0.3 is 10.0 Å². The second-order valence-corrected chi connectivity index (χ2v) is 7.96. The lowest BCUT2D eigenvalue weighted by Crippen LogP contribution is -2.49. The zero-order chi connectivity index (χ0) is 17.2. The standard InChI is InChI=1S/C16H21NO5S/c1-11-13(16(19)20)7-5-9-17(11)15(18)10-12-6-3-4-8-14(12)23(2,21)22/h3-4,6,8,11,13H,5,7,9-10H2,1-2H3,(H,19,20)/t11-,13-/m1/s1. The maximum atomic E-state index is 12.6. The summed E-state index contributed by atoms with van der Waals surface area (Å²) in [6, 6.07) is 6.03. The van der Waals surface area contributed by atoms with E-state index < -0.39 is 21.7 Å². The number of benzene rings is 1. The molecule has 1 aliphatic heterocycles. The van der Waals surface area contributed by atoms with E-state index in [4.69, 9.17) is 0 Å². The first-order valence-electron chi connectivity index (χ1n) is 7.52. The van der Waals surface area contributed by atoms with Gasteiger partial charge >= 0.3 is 5.97 Å². The van der Waals surface area contributed by atoms with E-state index in [2.05, 4.69) is 0 Å². The van der Waals surface area contributed by atoms with Crippen molar-refractivity contribution in [3.05, 3.63) is 29.8 Å². The Morgan fingerprint density at radius 1 is 1.30 bits per heavy atom. The van der Waals surface area contributed by atoms with Crippen molar-refractivity contribution < 1.29 is 23.1 Å². The Labute approximate surface area is 136 Å². The first-order chi connectivity index (χ1) is 10.7. The van der Waals surface area contributed by atoms with Gasteiger partial charge in [-0.3, -0.25) is 9.59 Å². The lowest BCUT2D eigenvalue weighted by atomic mass is 9.90. The van der Waals surface area contributed by atoms with Crippen LogP contribution in [0.4, 0.5) is 0 Å². The van der Waals surface area contributed by atoms with Crippen LogP contribution in [0.25, 0.3) is 0 Å². The van der Waals surface area contributed by atoms with E-state index in [-0.39, 0.29) is 23.3 Å². The average molecular weight is 339 g/mol. The summed E-state index contributed by atoms with van der Waals surface area (Å²) in [5.74, 6) is -1.70. The summed E-state index contributed by atoms with van der Waals surface area (Å²) in [6.45, 7) is 2.24. The number of hydrogen-bond donors (Lipinski definition) is 1. The van der Waals surface area contributed by atoms with Gasteiger partial charge in [-0.15, -0.1) is 0 Å². The molecule has 0 radical (unpaired) electrons. The molecule has 0 bridgehead atoms. The van der Waals surface area contributed by atoms with Crippen molar-refractivity contribution in [3.8, 4) is 0 Å². The summed E-state index contributed by atoms with van der Waals surface area (Å²) in [5.41, 5.74) is 0.449. The fourth-order valence-electron chi connectivity index (χ4n) is 3.10. The maximum absolute atomic E-state index is 12.6. The monoisotopic (exact) mass is 339 g/mol. The molecule has 2 rings (SSSR count). The molecule has 0 aromatic heterocycles. The van der Waals surface area contributed by atoms with Crippen LogP contribution in [0.1, 0.15) is 25.3 Å². The number of piperidine rings is 1. The van der Waals surface area contributed by atoms with Crippen molar-refractivity contribution in [3.63, 3.8) is 0 Å². The number of rotatable bonds is 4. The molecule has 23 heavy (non-hydrogen) atoms. The summed E-state index contributed by atoms with van der Waals surface area (Å²) in [4.78, 5) is 25.5. The van der Waals surface area contributed by atoms with Gasteiger partial charge in [0.25, 0.3) is 0 Å².